The van der Waals surface area contributed by atoms with Crippen LogP contribution in [0.15, 0.2) is 36.4 Å². The molecule has 124 valence electrons. The second-order valence-electron chi connectivity index (χ2n) is 5.99. The van der Waals surface area contributed by atoms with Crippen LogP contribution in [0.2, 0.25) is 5.02 Å². The zero-order valence-corrected chi connectivity index (χ0v) is 14.1. The molecule has 0 radical (unpaired) electrons. The van der Waals surface area contributed by atoms with Gasteiger partial charge in [-0.2, -0.15) is 0 Å². The molecule has 1 aliphatic heterocycles. The van der Waals surface area contributed by atoms with Crippen molar-refractivity contribution >= 4 is 22.4 Å². The monoisotopic (exact) mass is 333 g/mol. The molecule has 0 aliphatic carbocycles. The first-order valence-corrected chi connectivity index (χ1v) is 8.85. The van der Waals surface area contributed by atoms with E-state index >= 15 is 0 Å². The summed E-state index contributed by atoms with van der Waals surface area (Å²) in [6, 6.07) is 12.0. The molecular formula is C19H24ClNO2. The molecule has 1 saturated heterocycles. The second kappa shape index (κ2) is 8.53. The number of fused-ring (bicyclic) bond motifs is 1. The molecule has 3 rings (SSSR count). The molecule has 0 amide bonds. The molecule has 0 spiro atoms. The maximum atomic E-state index is 6.23. The van der Waals surface area contributed by atoms with Crippen LogP contribution in [0.5, 0.6) is 5.75 Å². The summed E-state index contributed by atoms with van der Waals surface area (Å²) in [4.78, 5) is 0. The van der Waals surface area contributed by atoms with Gasteiger partial charge in [-0.15, -0.1) is 0 Å². The summed E-state index contributed by atoms with van der Waals surface area (Å²) in [6.07, 6.45) is 4.97. The van der Waals surface area contributed by atoms with Crippen molar-refractivity contribution in [2.45, 2.75) is 31.8 Å². The number of rotatable bonds is 8. The fourth-order valence-corrected chi connectivity index (χ4v) is 3.19. The molecule has 23 heavy (non-hydrogen) atoms. The maximum absolute atomic E-state index is 6.23. The van der Waals surface area contributed by atoms with Crippen molar-refractivity contribution in [1.29, 1.82) is 0 Å². The van der Waals surface area contributed by atoms with Gasteiger partial charge in [-0.1, -0.05) is 35.9 Å². The van der Waals surface area contributed by atoms with Crippen LogP contribution in [0, 0.1) is 0 Å². The van der Waals surface area contributed by atoms with E-state index in [2.05, 4.69) is 11.4 Å². The summed E-state index contributed by atoms with van der Waals surface area (Å²) in [6.45, 7) is 3.65. The highest BCUT2D eigenvalue weighted by molar-refractivity contribution is 6.35. The molecule has 1 fully saturated rings. The van der Waals surface area contributed by atoms with Crippen molar-refractivity contribution in [3.8, 4) is 5.75 Å². The lowest BCUT2D eigenvalue weighted by Crippen LogP contribution is -2.27. The van der Waals surface area contributed by atoms with Gasteiger partial charge in [-0.05, 0) is 44.4 Å². The van der Waals surface area contributed by atoms with Gasteiger partial charge in [0.15, 0.2) is 0 Å². The zero-order valence-electron chi connectivity index (χ0n) is 13.4. The van der Waals surface area contributed by atoms with Crippen LogP contribution in [0.1, 0.15) is 25.7 Å². The average molecular weight is 334 g/mol. The highest BCUT2D eigenvalue weighted by Gasteiger charge is 2.14. The molecule has 4 heteroatoms. The first-order chi connectivity index (χ1) is 11.3. The lowest BCUT2D eigenvalue weighted by atomic mass is 10.1. The van der Waals surface area contributed by atoms with Crippen molar-refractivity contribution in [2.75, 3.05) is 26.3 Å². The molecule has 0 bridgehead atoms. The Kier molecular flexibility index (Phi) is 6.14. The Labute approximate surface area is 142 Å². The quantitative estimate of drug-likeness (QED) is 0.725. The van der Waals surface area contributed by atoms with Gasteiger partial charge >= 0.3 is 0 Å². The minimum absolute atomic E-state index is 0.423. The molecule has 2 aromatic rings. The molecule has 1 N–H and O–H groups in total. The van der Waals surface area contributed by atoms with Crippen molar-refractivity contribution in [1.82, 2.24) is 5.32 Å². The van der Waals surface area contributed by atoms with E-state index in [-0.39, 0.29) is 0 Å². The van der Waals surface area contributed by atoms with Crippen LogP contribution in [0.3, 0.4) is 0 Å². The van der Waals surface area contributed by atoms with Gasteiger partial charge in [0.05, 0.1) is 12.7 Å². The van der Waals surface area contributed by atoms with E-state index < -0.39 is 0 Å². The Balaban J connectivity index is 1.38. The molecule has 0 saturated carbocycles. The van der Waals surface area contributed by atoms with Gasteiger partial charge in [-0.3, -0.25) is 0 Å². The third-order valence-electron chi connectivity index (χ3n) is 4.23. The van der Waals surface area contributed by atoms with Gasteiger partial charge < -0.3 is 14.8 Å². The van der Waals surface area contributed by atoms with Crippen LogP contribution < -0.4 is 10.1 Å². The van der Waals surface area contributed by atoms with Crippen LogP contribution >= 0.6 is 11.6 Å². The SMILES string of the molecule is Clc1ccc(OCCCCNCC2CCCO2)c2ccccc12. The summed E-state index contributed by atoms with van der Waals surface area (Å²) in [5, 5.41) is 6.36. The summed E-state index contributed by atoms with van der Waals surface area (Å²) in [5.41, 5.74) is 0. The summed E-state index contributed by atoms with van der Waals surface area (Å²) < 4.78 is 11.5. The Hall–Kier alpha value is -1.29. The van der Waals surface area contributed by atoms with E-state index in [9.17, 15) is 0 Å². The van der Waals surface area contributed by atoms with E-state index in [1.807, 2.05) is 30.3 Å². The van der Waals surface area contributed by atoms with Gasteiger partial charge in [0, 0.05) is 28.9 Å². The first-order valence-electron chi connectivity index (χ1n) is 8.47. The number of hydrogen-bond donors (Lipinski definition) is 1. The molecule has 1 aliphatic rings. The Bertz CT molecular complexity index is 626. The largest absolute Gasteiger partial charge is 0.493 e. The third kappa shape index (κ3) is 4.60. The highest BCUT2D eigenvalue weighted by atomic mass is 35.5. The van der Waals surface area contributed by atoms with Gasteiger partial charge in [-0.25, -0.2) is 0 Å². The Morgan fingerprint density at radius 1 is 1.13 bits per heavy atom. The lowest BCUT2D eigenvalue weighted by Gasteiger charge is -2.12. The van der Waals surface area contributed by atoms with E-state index in [1.54, 1.807) is 0 Å². The standard InChI is InChI=1S/C19H24ClNO2/c20-18-9-10-19(17-8-2-1-7-16(17)18)23-12-4-3-11-21-14-15-6-5-13-22-15/h1-2,7-10,15,21H,3-6,11-14H2. The third-order valence-corrected chi connectivity index (χ3v) is 4.56. The topological polar surface area (TPSA) is 30.5 Å². The molecule has 2 aromatic carbocycles. The van der Waals surface area contributed by atoms with Crippen molar-refractivity contribution in [2.24, 2.45) is 0 Å². The number of unbranched alkanes of at least 4 members (excludes halogenated alkanes) is 1. The van der Waals surface area contributed by atoms with E-state index in [1.165, 1.54) is 12.8 Å². The smallest absolute Gasteiger partial charge is 0.127 e. The molecule has 1 atom stereocenters. The van der Waals surface area contributed by atoms with Crippen LogP contribution in [-0.2, 0) is 4.74 Å². The Morgan fingerprint density at radius 3 is 2.83 bits per heavy atom. The molecule has 1 unspecified atom stereocenters. The van der Waals surface area contributed by atoms with Crippen LogP contribution in [0.25, 0.3) is 10.8 Å². The first kappa shape index (κ1) is 16.6. The van der Waals surface area contributed by atoms with E-state index in [4.69, 9.17) is 21.1 Å². The molecule has 3 nitrogen and oxygen atoms in total. The number of halogens is 1. The molecule has 0 aromatic heterocycles. The zero-order chi connectivity index (χ0) is 15.9. The number of hydrogen-bond acceptors (Lipinski definition) is 3. The van der Waals surface area contributed by atoms with E-state index in [0.717, 1.165) is 60.7 Å². The number of nitrogens with one attached hydrogen (secondary N) is 1. The van der Waals surface area contributed by atoms with Crippen molar-refractivity contribution in [3.63, 3.8) is 0 Å². The number of benzene rings is 2. The van der Waals surface area contributed by atoms with Gasteiger partial charge in [0.2, 0.25) is 0 Å². The minimum Gasteiger partial charge on any atom is -0.493 e. The summed E-state index contributed by atoms with van der Waals surface area (Å²) in [7, 11) is 0. The van der Waals surface area contributed by atoms with Gasteiger partial charge in [0.25, 0.3) is 0 Å². The molecular weight excluding hydrogens is 310 g/mol. The van der Waals surface area contributed by atoms with Gasteiger partial charge in [0.1, 0.15) is 5.75 Å². The fraction of sp³-hybridized carbons (Fsp3) is 0.474. The fourth-order valence-electron chi connectivity index (χ4n) is 2.96. The second-order valence-corrected chi connectivity index (χ2v) is 6.39. The van der Waals surface area contributed by atoms with E-state index in [0.29, 0.717) is 6.10 Å². The highest BCUT2D eigenvalue weighted by Crippen LogP contribution is 2.31. The number of ether oxygens (including phenoxy) is 2. The minimum atomic E-state index is 0.423. The lowest BCUT2D eigenvalue weighted by molar-refractivity contribution is 0.110. The maximum Gasteiger partial charge on any atom is 0.127 e. The predicted octanol–water partition coefficient (Wildman–Crippen LogP) is 4.42. The Morgan fingerprint density at radius 2 is 2.00 bits per heavy atom. The average Bonchev–Trinajstić information content (AvgIpc) is 3.09. The van der Waals surface area contributed by atoms with Crippen LogP contribution in [0.4, 0.5) is 0 Å². The normalized spacial score (nSPS) is 17.7. The molecule has 1 heterocycles. The summed E-state index contributed by atoms with van der Waals surface area (Å²) >= 11 is 6.23. The van der Waals surface area contributed by atoms with Crippen molar-refractivity contribution in [3.05, 3.63) is 41.4 Å². The van der Waals surface area contributed by atoms with Crippen molar-refractivity contribution < 1.29 is 9.47 Å². The predicted molar refractivity (Wildman–Crippen MR) is 95.5 cm³/mol. The summed E-state index contributed by atoms with van der Waals surface area (Å²) in [5.74, 6) is 0.914. The van der Waals surface area contributed by atoms with Crippen LogP contribution in [-0.4, -0.2) is 32.4 Å².